The van der Waals surface area contributed by atoms with Crippen LogP contribution in [-0.2, 0) is 0 Å². The molecule has 0 radical (unpaired) electrons. The Balaban J connectivity index is 2.54. The minimum absolute atomic E-state index is 0.425. The van der Waals surface area contributed by atoms with Gasteiger partial charge in [-0.1, -0.05) is 0 Å². The van der Waals surface area contributed by atoms with Crippen LogP contribution in [0.1, 0.15) is 13.3 Å². The molecule has 0 aromatic carbocycles. The van der Waals surface area contributed by atoms with Gasteiger partial charge in [0.1, 0.15) is 0 Å². The Bertz CT molecular complexity index is 122. The van der Waals surface area contributed by atoms with Crippen molar-refractivity contribution in [3.63, 3.8) is 0 Å². The van der Waals surface area contributed by atoms with Gasteiger partial charge in [-0.05, 0) is 41.0 Å². The first-order valence-corrected chi connectivity index (χ1v) is 3.90. The van der Waals surface area contributed by atoms with E-state index in [1.54, 1.807) is 0 Å². The Hall–Kier alpha value is -0.0800. The van der Waals surface area contributed by atoms with Crippen LogP contribution >= 0.6 is 0 Å². The summed E-state index contributed by atoms with van der Waals surface area (Å²) >= 11 is 0. The van der Waals surface area contributed by atoms with Crippen LogP contribution in [0.5, 0.6) is 0 Å². The molecular weight excluding hydrogens is 124 g/mol. The molecule has 0 spiro atoms. The lowest BCUT2D eigenvalue weighted by molar-refractivity contribution is 0.180. The predicted molar refractivity (Wildman–Crippen MR) is 44.2 cm³/mol. The van der Waals surface area contributed by atoms with Crippen LogP contribution < -0.4 is 0 Å². The molecular formula is C8H18N2. The van der Waals surface area contributed by atoms with E-state index in [0.29, 0.717) is 5.54 Å². The predicted octanol–water partition coefficient (Wildman–Crippen LogP) is 0.642. The van der Waals surface area contributed by atoms with Crippen molar-refractivity contribution in [1.82, 2.24) is 9.80 Å². The van der Waals surface area contributed by atoms with Crippen LogP contribution in [0.2, 0.25) is 0 Å². The molecule has 2 heteroatoms. The fraction of sp³-hybridized carbons (Fsp3) is 1.00. The molecule has 0 amide bonds. The molecule has 0 aliphatic carbocycles. The van der Waals surface area contributed by atoms with E-state index in [4.69, 9.17) is 0 Å². The number of hydrogen-bond donors (Lipinski definition) is 0. The molecule has 1 saturated heterocycles. The summed E-state index contributed by atoms with van der Waals surface area (Å²) in [6.45, 7) is 4.78. The molecule has 60 valence electrons. The zero-order valence-electron chi connectivity index (χ0n) is 7.52. The van der Waals surface area contributed by atoms with E-state index in [0.717, 1.165) is 0 Å². The van der Waals surface area contributed by atoms with Crippen LogP contribution in [0.15, 0.2) is 0 Å². The number of rotatable bonds is 1. The zero-order chi connectivity index (χ0) is 7.78. The lowest BCUT2D eigenvalue weighted by Crippen LogP contribution is -2.43. The molecule has 1 atom stereocenters. The Labute approximate surface area is 63.8 Å². The second kappa shape index (κ2) is 2.51. The molecule has 1 aliphatic heterocycles. The largest absolute Gasteiger partial charge is 0.304 e. The van der Waals surface area contributed by atoms with E-state index in [1.807, 2.05) is 0 Å². The molecule has 1 fully saturated rings. The van der Waals surface area contributed by atoms with E-state index >= 15 is 0 Å². The van der Waals surface area contributed by atoms with Crippen molar-refractivity contribution in [2.24, 2.45) is 0 Å². The van der Waals surface area contributed by atoms with Crippen LogP contribution in [0.4, 0.5) is 0 Å². The third kappa shape index (κ3) is 1.32. The fourth-order valence-corrected chi connectivity index (χ4v) is 1.54. The van der Waals surface area contributed by atoms with Gasteiger partial charge in [-0.3, -0.25) is 0 Å². The topological polar surface area (TPSA) is 6.48 Å². The summed E-state index contributed by atoms with van der Waals surface area (Å²) in [4.78, 5) is 4.72. The number of hydrogen-bond acceptors (Lipinski definition) is 2. The molecule has 1 aliphatic rings. The number of likely N-dealkylation sites (tertiary alicyclic amines) is 1. The van der Waals surface area contributed by atoms with Crippen molar-refractivity contribution in [2.45, 2.75) is 18.9 Å². The van der Waals surface area contributed by atoms with E-state index in [9.17, 15) is 0 Å². The Morgan fingerprint density at radius 2 is 2.00 bits per heavy atom. The molecule has 0 aromatic rings. The highest BCUT2D eigenvalue weighted by molar-refractivity contribution is 4.91. The van der Waals surface area contributed by atoms with Crippen molar-refractivity contribution < 1.29 is 0 Å². The molecule has 1 unspecified atom stereocenters. The van der Waals surface area contributed by atoms with E-state index in [-0.39, 0.29) is 0 Å². The van der Waals surface area contributed by atoms with Crippen molar-refractivity contribution in [3.8, 4) is 0 Å². The molecule has 0 bridgehead atoms. The standard InChI is InChI=1S/C8H18N2/c1-8(9(2)3)5-6-10(4)7-8/h5-7H2,1-4H3. The molecule has 0 aromatic heterocycles. The Morgan fingerprint density at radius 3 is 2.20 bits per heavy atom. The summed E-state index contributed by atoms with van der Waals surface area (Å²) in [5.41, 5.74) is 0.425. The average Bonchev–Trinajstić information content (AvgIpc) is 2.13. The maximum Gasteiger partial charge on any atom is 0.0314 e. The van der Waals surface area contributed by atoms with E-state index < -0.39 is 0 Å². The highest BCUT2D eigenvalue weighted by atomic mass is 15.2. The molecule has 10 heavy (non-hydrogen) atoms. The van der Waals surface area contributed by atoms with Crippen LogP contribution in [-0.4, -0.2) is 49.6 Å². The van der Waals surface area contributed by atoms with Gasteiger partial charge in [0.15, 0.2) is 0 Å². The second-order valence-corrected chi connectivity index (χ2v) is 3.88. The Morgan fingerprint density at radius 1 is 1.40 bits per heavy atom. The normalized spacial score (nSPS) is 35.7. The third-order valence-electron chi connectivity index (χ3n) is 2.72. The highest BCUT2D eigenvalue weighted by Crippen LogP contribution is 2.23. The van der Waals surface area contributed by atoms with Crippen molar-refractivity contribution in [2.75, 3.05) is 34.2 Å². The van der Waals surface area contributed by atoms with E-state index in [2.05, 4.69) is 37.9 Å². The van der Waals surface area contributed by atoms with Crippen LogP contribution in [0.3, 0.4) is 0 Å². The fourth-order valence-electron chi connectivity index (χ4n) is 1.54. The smallest absolute Gasteiger partial charge is 0.0314 e. The highest BCUT2D eigenvalue weighted by Gasteiger charge is 2.33. The Kier molecular flexibility index (Phi) is 2.02. The molecule has 1 heterocycles. The number of likely N-dealkylation sites (N-methyl/N-ethyl adjacent to an activating group) is 2. The molecule has 0 N–H and O–H groups in total. The van der Waals surface area contributed by atoms with Crippen molar-refractivity contribution in [1.29, 1.82) is 0 Å². The van der Waals surface area contributed by atoms with Gasteiger partial charge in [0, 0.05) is 12.1 Å². The minimum Gasteiger partial charge on any atom is -0.304 e. The van der Waals surface area contributed by atoms with Gasteiger partial charge in [-0.15, -0.1) is 0 Å². The summed E-state index contributed by atoms with van der Waals surface area (Å²) in [6.07, 6.45) is 1.30. The van der Waals surface area contributed by atoms with Gasteiger partial charge < -0.3 is 9.80 Å². The van der Waals surface area contributed by atoms with Gasteiger partial charge in [-0.2, -0.15) is 0 Å². The number of nitrogens with zero attached hydrogens (tertiary/aromatic N) is 2. The van der Waals surface area contributed by atoms with Crippen LogP contribution in [0.25, 0.3) is 0 Å². The zero-order valence-corrected chi connectivity index (χ0v) is 7.52. The van der Waals surface area contributed by atoms with Crippen molar-refractivity contribution in [3.05, 3.63) is 0 Å². The lowest BCUT2D eigenvalue weighted by Gasteiger charge is -2.31. The monoisotopic (exact) mass is 142 g/mol. The average molecular weight is 142 g/mol. The lowest BCUT2D eigenvalue weighted by atomic mass is 10.0. The van der Waals surface area contributed by atoms with Crippen molar-refractivity contribution >= 4 is 0 Å². The maximum atomic E-state index is 2.39. The summed E-state index contributed by atoms with van der Waals surface area (Å²) < 4.78 is 0. The van der Waals surface area contributed by atoms with E-state index in [1.165, 1.54) is 19.5 Å². The second-order valence-electron chi connectivity index (χ2n) is 3.88. The summed E-state index contributed by atoms with van der Waals surface area (Å²) in [6, 6.07) is 0. The maximum absolute atomic E-state index is 2.39. The molecule has 2 nitrogen and oxygen atoms in total. The van der Waals surface area contributed by atoms with Gasteiger partial charge in [0.05, 0.1) is 0 Å². The van der Waals surface area contributed by atoms with Gasteiger partial charge in [0.2, 0.25) is 0 Å². The van der Waals surface area contributed by atoms with Crippen LogP contribution in [0, 0.1) is 0 Å². The summed E-state index contributed by atoms with van der Waals surface area (Å²) in [7, 11) is 6.52. The first-order chi connectivity index (χ1) is 4.54. The third-order valence-corrected chi connectivity index (χ3v) is 2.72. The van der Waals surface area contributed by atoms with Gasteiger partial charge in [0.25, 0.3) is 0 Å². The first kappa shape index (κ1) is 8.02. The summed E-state index contributed by atoms with van der Waals surface area (Å²) in [5, 5.41) is 0. The minimum atomic E-state index is 0.425. The quantitative estimate of drug-likeness (QED) is 0.530. The summed E-state index contributed by atoms with van der Waals surface area (Å²) in [5.74, 6) is 0. The van der Waals surface area contributed by atoms with Gasteiger partial charge in [-0.25, -0.2) is 0 Å². The van der Waals surface area contributed by atoms with Gasteiger partial charge >= 0.3 is 0 Å². The molecule has 1 rings (SSSR count). The SMILES string of the molecule is CN1CCC(C)(N(C)C)C1. The molecule has 0 saturated carbocycles. The first-order valence-electron chi connectivity index (χ1n) is 3.90.